The second kappa shape index (κ2) is 8.67. The van der Waals surface area contributed by atoms with E-state index in [1.54, 1.807) is 12.1 Å². The van der Waals surface area contributed by atoms with Gasteiger partial charge < -0.3 is 10.2 Å². The van der Waals surface area contributed by atoms with Crippen molar-refractivity contribution in [1.82, 2.24) is 9.62 Å². The molecule has 0 radical (unpaired) electrons. The molecule has 0 saturated carbocycles. The molecular weight excluding hydrogens is 338 g/mol. The Labute approximate surface area is 151 Å². The van der Waals surface area contributed by atoms with E-state index in [-0.39, 0.29) is 10.8 Å². The quantitative estimate of drug-likeness (QED) is 0.752. The predicted octanol–water partition coefficient (Wildman–Crippen LogP) is 2.46. The van der Waals surface area contributed by atoms with Gasteiger partial charge in [-0.05, 0) is 43.9 Å². The topological polar surface area (TPSA) is 69.7 Å². The summed E-state index contributed by atoms with van der Waals surface area (Å²) in [7, 11) is -0.581. The van der Waals surface area contributed by atoms with E-state index in [2.05, 4.69) is 17.1 Å². The fourth-order valence-corrected chi connectivity index (χ4v) is 3.88. The van der Waals surface area contributed by atoms with Gasteiger partial charge in [0.25, 0.3) is 5.91 Å². The molecule has 1 saturated heterocycles. The predicted molar refractivity (Wildman–Crippen MR) is 101 cm³/mol. The van der Waals surface area contributed by atoms with Crippen molar-refractivity contribution in [2.45, 2.75) is 43.9 Å². The Bertz CT molecular complexity index is 696. The summed E-state index contributed by atoms with van der Waals surface area (Å²) < 4.78 is 26.0. The largest absolute Gasteiger partial charge is 0.371 e. The van der Waals surface area contributed by atoms with Crippen molar-refractivity contribution in [3.8, 4) is 0 Å². The molecule has 0 aromatic heterocycles. The highest BCUT2D eigenvalue weighted by Crippen LogP contribution is 2.27. The van der Waals surface area contributed by atoms with Gasteiger partial charge in [-0.2, -0.15) is 0 Å². The van der Waals surface area contributed by atoms with Crippen LogP contribution in [0.1, 0.15) is 49.4 Å². The second-order valence-corrected chi connectivity index (χ2v) is 8.78. The number of nitrogens with zero attached hydrogens (tertiary/aromatic N) is 2. The highest BCUT2D eigenvalue weighted by Gasteiger charge is 2.23. The number of nitrogens with one attached hydrogen (secondary N) is 1. The summed E-state index contributed by atoms with van der Waals surface area (Å²) in [5, 5.41) is 2.91. The van der Waals surface area contributed by atoms with Crippen molar-refractivity contribution >= 4 is 21.6 Å². The highest BCUT2D eigenvalue weighted by molar-refractivity contribution is 7.89. The van der Waals surface area contributed by atoms with Gasteiger partial charge in [-0.1, -0.05) is 13.3 Å². The van der Waals surface area contributed by atoms with Crippen LogP contribution < -0.4 is 10.2 Å². The van der Waals surface area contributed by atoms with Crippen molar-refractivity contribution in [2.24, 2.45) is 0 Å². The zero-order valence-corrected chi connectivity index (χ0v) is 16.2. The number of benzene rings is 1. The number of hydrogen-bond acceptors (Lipinski definition) is 4. The number of unbranched alkanes of at least 4 members (excludes halogenated alkanes) is 1. The lowest BCUT2D eigenvalue weighted by atomic mass is 10.1. The Morgan fingerprint density at radius 3 is 2.48 bits per heavy atom. The Kier molecular flexibility index (Phi) is 6.84. The van der Waals surface area contributed by atoms with Gasteiger partial charge in [0.05, 0.1) is 10.5 Å². The number of carbonyl (C=O) groups is 1. The molecule has 1 aliphatic rings. The summed E-state index contributed by atoms with van der Waals surface area (Å²) in [4.78, 5) is 15.0. The maximum Gasteiger partial charge on any atom is 0.253 e. The Balaban J connectivity index is 2.39. The van der Waals surface area contributed by atoms with Crippen LogP contribution in [0.15, 0.2) is 23.1 Å². The van der Waals surface area contributed by atoms with E-state index >= 15 is 0 Å². The normalized spacial score (nSPS) is 15.4. The van der Waals surface area contributed by atoms with Crippen LogP contribution in [0.2, 0.25) is 0 Å². The van der Waals surface area contributed by atoms with Crippen molar-refractivity contribution in [3.05, 3.63) is 23.8 Å². The standard InChI is InChI=1S/C18H29N3O3S/c1-4-5-11-19-18(22)16-14-15(25(23,24)20(2)3)9-10-17(16)21-12-7-6-8-13-21/h9-10,14H,4-8,11-13H2,1-3H3,(H,19,22). The molecule has 0 atom stereocenters. The minimum Gasteiger partial charge on any atom is -0.371 e. The molecule has 140 valence electrons. The molecule has 0 aliphatic carbocycles. The molecule has 6 nitrogen and oxygen atoms in total. The van der Waals surface area contributed by atoms with Crippen LogP contribution in [0.4, 0.5) is 5.69 Å². The zero-order valence-electron chi connectivity index (χ0n) is 15.4. The fraction of sp³-hybridized carbons (Fsp3) is 0.611. The van der Waals surface area contributed by atoms with E-state index in [0.29, 0.717) is 12.1 Å². The molecule has 0 unspecified atom stereocenters. The van der Waals surface area contributed by atoms with Gasteiger partial charge in [-0.3, -0.25) is 4.79 Å². The number of anilines is 1. The van der Waals surface area contributed by atoms with E-state index in [4.69, 9.17) is 0 Å². The molecule has 7 heteroatoms. The first-order valence-electron chi connectivity index (χ1n) is 8.97. The Morgan fingerprint density at radius 2 is 1.88 bits per heavy atom. The molecule has 25 heavy (non-hydrogen) atoms. The molecule has 1 heterocycles. The monoisotopic (exact) mass is 367 g/mol. The van der Waals surface area contributed by atoms with Crippen LogP contribution in [-0.4, -0.2) is 52.4 Å². The molecule has 0 spiro atoms. The summed E-state index contributed by atoms with van der Waals surface area (Å²) in [5.74, 6) is -0.204. The van der Waals surface area contributed by atoms with Crippen LogP contribution in [-0.2, 0) is 10.0 Å². The molecule has 1 amide bonds. The van der Waals surface area contributed by atoms with Gasteiger partial charge in [-0.25, -0.2) is 12.7 Å². The van der Waals surface area contributed by atoms with Crippen molar-refractivity contribution in [2.75, 3.05) is 38.6 Å². The lowest BCUT2D eigenvalue weighted by Gasteiger charge is -2.30. The summed E-state index contributed by atoms with van der Waals surface area (Å²) in [5.41, 5.74) is 1.27. The third-order valence-electron chi connectivity index (χ3n) is 4.50. The van der Waals surface area contributed by atoms with Gasteiger partial charge in [-0.15, -0.1) is 0 Å². The highest BCUT2D eigenvalue weighted by atomic mass is 32.2. The van der Waals surface area contributed by atoms with E-state index in [1.807, 2.05) is 0 Å². The van der Waals surface area contributed by atoms with Gasteiger partial charge in [0.2, 0.25) is 10.0 Å². The first kappa shape index (κ1) is 19.7. The third kappa shape index (κ3) is 4.73. The minimum absolute atomic E-state index is 0.152. The number of rotatable bonds is 7. The average molecular weight is 368 g/mol. The lowest BCUT2D eigenvalue weighted by molar-refractivity contribution is 0.0953. The summed E-state index contributed by atoms with van der Waals surface area (Å²) in [6.45, 7) is 4.46. The molecule has 1 N–H and O–H groups in total. The smallest absolute Gasteiger partial charge is 0.253 e. The zero-order chi connectivity index (χ0) is 18.4. The van der Waals surface area contributed by atoms with E-state index in [1.165, 1.54) is 30.9 Å². The third-order valence-corrected chi connectivity index (χ3v) is 6.31. The van der Waals surface area contributed by atoms with Crippen molar-refractivity contribution in [1.29, 1.82) is 0 Å². The minimum atomic E-state index is -3.57. The molecule has 0 bridgehead atoms. The molecule has 1 fully saturated rings. The number of amides is 1. The summed E-state index contributed by atoms with van der Waals surface area (Å²) in [6.07, 6.45) is 5.28. The molecule has 1 aromatic rings. The van der Waals surface area contributed by atoms with E-state index < -0.39 is 10.0 Å². The van der Waals surface area contributed by atoms with Crippen LogP contribution in [0.5, 0.6) is 0 Å². The number of sulfonamides is 1. The Morgan fingerprint density at radius 1 is 1.20 bits per heavy atom. The van der Waals surface area contributed by atoms with Crippen LogP contribution in [0.3, 0.4) is 0 Å². The maximum absolute atomic E-state index is 12.7. The molecular formula is C18H29N3O3S. The first-order chi connectivity index (χ1) is 11.9. The van der Waals surface area contributed by atoms with E-state index in [9.17, 15) is 13.2 Å². The number of piperidine rings is 1. The SMILES string of the molecule is CCCCNC(=O)c1cc(S(=O)(=O)N(C)C)ccc1N1CCCCC1. The van der Waals surface area contributed by atoms with Gasteiger partial charge >= 0.3 is 0 Å². The van der Waals surface area contributed by atoms with E-state index in [0.717, 1.165) is 44.5 Å². The fourth-order valence-electron chi connectivity index (χ4n) is 2.95. The molecule has 1 aromatic carbocycles. The van der Waals surface area contributed by atoms with Gasteiger partial charge in [0.15, 0.2) is 0 Å². The number of carbonyl (C=O) groups excluding carboxylic acids is 1. The van der Waals surface area contributed by atoms with Crippen molar-refractivity contribution < 1.29 is 13.2 Å². The van der Waals surface area contributed by atoms with Crippen LogP contribution in [0, 0.1) is 0 Å². The second-order valence-electron chi connectivity index (χ2n) is 6.62. The Hall–Kier alpha value is -1.60. The van der Waals surface area contributed by atoms with Crippen molar-refractivity contribution in [3.63, 3.8) is 0 Å². The maximum atomic E-state index is 12.7. The lowest BCUT2D eigenvalue weighted by Crippen LogP contribution is -2.33. The molecule has 2 rings (SSSR count). The summed E-state index contributed by atoms with van der Waals surface area (Å²) >= 11 is 0. The molecule has 1 aliphatic heterocycles. The van der Waals surface area contributed by atoms with Gasteiger partial charge in [0.1, 0.15) is 0 Å². The van der Waals surface area contributed by atoms with Crippen LogP contribution in [0.25, 0.3) is 0 Å². The summed E-state index contributed by atoms with van der Waals surface area (Å²) in [6, 6.07) is 4.89. The number of hydrogen-bond donors (Lipinski definition) is 1. The first-order valence-corrected chi connectivity index (χ1v) is 10.4. The van der Waals surface area contributed by atoms with Crippen LogP contribution >= 0.6 is 0 Å². The van der Waals surface area contributed by atoms with Gasteiger partial charge in [0, 0.05) is 39.4 Å². The average Bonchev–Trinajstić information content (AvgIpc) is 2.62.